The fourth-order valence-corrected chi connectivity index (χ4v) is 0.0204. The van der Waals surface area contributed by atoms with E-state index < -0.39 is 0 Å². The van der Waals surface area contributed by atoms with Crippen LogP contribution >= 0.6 is 0 Å². The molecule has 0 aromatic rings. The molecule has 0 rings (SSSR count). The molecule has 0 aliphatic heterocycles. The average Bonchev–Trinajstić information content (AvgIpc) is 1.41. The first-order chi connectivity index (χ1) is 2.41. The first-order valence-corrected chi connectivity index (χ1v) is 0.880. The molecule has 0 unspecified atom stereocenters. The van der Waals surface area contributed by atoms with Crippen molar-refractivity contribution in [3.05, 3.63) is 10.2 Å². The molecule has 0 saturated heterocycles. The largest absolute Gasteiger partial charge is 0.497 e. The molecule has 0 spiro atoms. The van der Waals surface area contributed by atoms with Crippen molar-refractivity contribution in [1.82, 2.24) is 6.15 Å². The van der Waals surface area contributed by atoms with Crippen molar-refractivity contribution in [3.8, 4) is 12.1 Å². The molecule has 3 N–H and O–H groups in total. The second-order valence-corrected chi connectivity index (χ2v) is 0.315. The van der Waals surface area contributed by atoms with Crippen LogP contribution in [-0.2, 0) is 0 Å². The highest BCUT2D eigenvalue weighted by molar-refractivity contribution is 5.09. The summed E-state index contributed by atoms with van der Waals surface area (Å²) < 4.78 is 0. The van der Waals surface area contributed by atoms with E-state index in [0.717, 1.165) is 0 Å². The normalized spacial score (nSPS) is 2.50. The second-order valence-electron chi connectivity index (χ2n) is 0.315. The highest BCUT2D eigenvalue weighted by Gasteiger charge is 1.59. The second kappa shape index (κ2) is 9.27. The number of nitriles is 1. The van der Waals surface area contributed by atoms with Gasteiger partial charge in [-0.15, -0.1) is 0 Å². The maximum atomic E-state index is 8.82. The molecule has 0 atom stereocenters. The van der Waals surface area contributed by atoms with Gasteiger partial charge in [0.25, 0.3) is 0 Å². The predicted molar refractivity (Wildman–Crippen MR) is 21.2 cm³/mol. The Hall–Kier alpha value is -1.26. The van der Waals surface area contributed by atoms with Crippen LogP contribution in [0.2, 0.25) is 0 Å². The van der Waals surface area contributed by atoms with Gasteiger partial charge in [-0.05, 0) is 0 Å². The third kappa shape index (κ3) is 15.1. The Bertz CT molecular complexity index is 102. The van der Waals surface area contributed by atoms with Crippen molar-refractivity contribution in [2.45, 2.75) is 0 Å². The standard InChI is InChI=1S/C2N2O.H3N/c3-1-2-4-5;/h;1H3. The minimum atomic E-state index is 0. The van der Waals surface area contributed by atoms with Gasteiger partial charge >= 0.3 is 6.07 Å². The van der Waals surface area contributed by atoms with Gasteiger partial charge in [0.2, 0.25) is 6.07 Å². The Morgan fingerprint density at radius 3 is 2.17 bits per heavy atom. The molecular formula is C2H3N3O. The lowest BCUT2D eigenvalue weighted by atomic mass is 10.9. The van der Waals surface area contributed by atoms with E-state index in [9.17, 15) is 0 Å². The number of rotatable bonds is 0. The van der Waals surface area contributed by atoms with Crippen LogP contribution in [0.4, 0.5) is 0 Å². The summed E-state index contributed by atoms with van der Waals surface area (Å²) in [6.45, 7) is 0. The third-order valence-electron chi connectivity index (χ3n) is 0.0956. The smallest absolute Gasteiger partial charge is 0.419 e. The highest BCUT2D eigenvalue weighted by atomic mass is 16.4. The van der Waals surface area contributed by atoms with Crippen LogP contribution in [0.5, 0.6) is 0 Å². The molecule has 0 aromatic carbocycles. The Balaban J connectivity index is 0. The van der Waals surface area contributed by atoms with Crippen LogP contribution in [0, 0.1) is 22.6 Å². The van der Waals surface area contributed by atoms with Gasteiger partial charge < -0.3 is 11.4 Å². The summed E-state index contributed by atoms with van der Waals surface area (Å²) in [4.78, 5) is 0. The molecule has 32 valence electrons. The van der Waals surface area contributed by atoms with E-state index in [4.69, 9.17) is 10.5 Å². The molecule has 6 heavy (non-hydrogen) atoms. The Kier molecular flexibility index (Phi) is 13.7. The van der Waals surface area contributed by atoms with Gasteiger partial charge in [-0.25, -0.2) is 0 Å². The zero-order chi connectivity index (χ0) is 4.12. The quantitative estimate of drug-likeness (QED) is 0.434. The van der Waals surface area contributed by atoms with Crippen LogP contribution in [0.25, 0.3) is 5.01 Å². The van der Waals surface area contributed by atoms with E-state index in [1.54, 1.807) is 0 Å². The van der Waals surface area contributed by atoms with Gasteiger partial charge in [0, 0.05) is 5.01 Å². The minimum absolute atomic E-state index is 0. The Morgan fingerprint density at radius 2 is 2.17 bits per heavy atom. The molecule has 0 aromatic heterocycles. The maximum absolute atomic E-state index is 8.82. The lowest BCUT2D eigenvalue weighted by Crippen LogP contribution is -1.32. The molecule has 0 amide bonds. The van der Waals surface area contributed by atoms with Gasteiger partial charge in [0.05, 0.1) is 0 Å². The lowest BCUT2D eigenvalue weighted by molar-refractivity contribution is 1.55. The van der Waals surface area contributed by atoms with Crippen LogP contribution in [0.15, 0.2) is 0 Å². The van der Waals surface area contributed by atoms with Crippen LogP contribution in [0.1, 0.15) is 0 Å². The number of hydrogen-bond acceptors (Lipinski definition) is 3. The van der Waals surface area contributed by atoms with Gasteiger partial charge in [-0.2, -0.15) is 5.26 Å². The maximum Gasteiger partial charge on any atom is 0.419 e. The molecule has 4 nitrogen and oxygen atoms in total. The van der Waals surface area contributed by atoms with E-state index in [2.05, 4.69) is 0 Å². The molecule has 0 heterocycles. The summed E-state index contributed by atoms with van der Waals surface area (Å²) in [5.74, 6) is 0. The van der Waals surface area contributed by atoms with E-state index in [0.29, 0.717) is 0 Å². The Labute approximate surface area is 35.0 Å². The van der Waals surface area contributed by atoms with E-state index in [-0.39, 0.29) is 6.15 Å². The zero-order valence-corrected chi connectivity index (χ0v) is 3.01. The monoisotopic (exact) mass is 85.0 g/mol. The summed E-state index contributed by atoms with van der Waals surface area (Å²) in [6.07, 6.45) is 0. The lowest BCUT2D eigenvalue weighted by Gasteiger charge is -1.40. The SMILES string of the molecule is N.N#CC#[N+][O-]. The summed E-state index contributed by atoms with van der Waals surface area (Å²) in [7, 11) is 0. The van der Waals surface area contributed by atoms with Crippen molar-refractivity contribution < 1.29 is 0 Å². The summed E-state index contributed by atoms with van der Waals surface area (Å²) in [5.41, 5.74) is 0. The summed E-state index contributed by atoms with van der Waals surface area (Å²) in [5, 5.41) is 18.2. The van der Waals surface area contributed by atoms with Crippen molar-refractivity contribution in [2.24, 2.45) is 0 Å². The number of nitrogens with zero attached hydrogens (tertiary/aromatic N) is 2. The van der Waals surface area contributed by atoms with E-state index in [1.165, 1.54) is 12.1 Å². The van der Waals surface area contributed by atoms with Crippen LogP contribution in [0.3, 0.4) is 0 Å². The fraction of sp³-hybridized carbons (Fsp3) is 0. The van der Waals surface area contributed by atoms with Gasteiger partial charge in [-0.3, -0.25) is 0 Å². The summed E-state index contributed by atoms with van der Waals surface area (Å²) >= 11 is 0. The van der Waals surface area contributed by atoms with Gasteiger partial charge in [-0.1, -0.05) is 0 Å². The molecule has 0 aliphatic carbocycles. The first-order valence-electron chi connectivity index (χ1n) is 0.880. The van der Waals surface area contributed by atoms with Gasteiger partial charge in [0.15, 0.2) is 0 Å². The van der Waals surface area contributed by atoms with E-state index >= 15 is 0 Å². The molecule has 0 bridgehead atoms. The first kappa shape index (κ1) is 8.83. The van der Waals surface area contributed by atoms with Crippen molar-refractivity contribution in [1.29, 1.82) is 5.26 Å². The van der Waals surface area contributed by atoms with Crippen LogP contribution < -0.4 is 6.15 Å². The van der Waals surface area contributed by atoms with Crippen LogP contribution in [-0.4, -0.2) is 0 Å². The van der Waals surface area contributed by atoms with E-state index in [1.807, 2.05) is 5.01 Å². The molecular weight excluding hydrogens is 82.0 g/mol. The molecule has 0 saturated carbocycles. The van der Waals surface area contributed by atoms with Crippen molar-refractivity contribution in [2.75, 3.05) is 0 Å². The average molecular weight is 85.1 g/mol. The Morgan fingerprint density at radius 1 is 1.67 bits per heavy atom. The highest BCUT2D eigenvalue weighted by Crippen LogP contribution is 1.48. The molecule has 4 heteroatoms. The van der Waals surface area contributed by atoms with Crippen molar-refractivity contribution >= 4 is 0 Å². The van der Waals surface area contributed by atoms with Gasteiger partial charge in [0.1, 0.15) is 0 Å². The molecule has 0 radical (unpaired) electrons. The summed E-state index contributed by atoms with van der Waals surface area (Å²) in [6, 6.07) is 2.77. The predicted octanol–water partition coefficient (Wildman–Crippen LogP) is 0.503. The topological polar surface area (TPSA) is 86.2 Å². The fourth-order valence-electron chi connectivity index (χ4n) is 0.0204. The number of hydrogen-bond donors (Lipinski definition) is 1. The zero-order valence-electron chi connectivity index (χ0n) is 3.01. The third-order valence-corrected chi connectivity index (χ3v) is 0.0956. The minimum Gasteiger partial charge on any atom is -0.497 e. The molecule has 0 fully saturated rings. The molecule has 0 aliphatic rings. The van der Waals surface area contributed by atoms with Crippen molar-refractivity contribution in [3.63, 3.8) is 0 Å².